The molecule has 0 spiro atoms. The third-order valence-electron chi connectivity index (χ3n) is 9.06. The van der Waals surface area contributed by atoms with Crippen LogP contribution in [-0.4, -0.2) is 124 Å². The molecule has 0 radical (unpaired) electrons. The minimum Gasteiger partial charge on any atom is -0.356 e. The van der Waals surface area contributed by atoms with E-state index in [1.807, 2.05) is 0 Å². The Bertz CT molecular complexity index is 1130. The second-order valence-corrected chi connectivity index (χ2v) is 13.7. The molecule has 1 aliphatic heterocycles. The van der Waals surface area contributed by atoms with Crippen LogP contribution >= 0.6 is 0 Å². The molecule has 0 bridgehead atoms. The minimum absolute atomic E-state index is 0. The molecule has 0 aromatic heterocycles. The molecule has 17 nitrogen and oxygen atoms in total. The zero-order chi connectivity index (χ0) is 39.3. The summed E-state index contributed by atoms with van der Waals surface area (Å²) in [6.07, 6.45) is 8.89. The van der Waals surface area contributed by atoms with Gasteiger partial charge in [-0.1, -0.05) is 12.8 Å². The summed E-state index contributed by atoms with van der Waals surface area (Å²) in [6.45, 7) is 5.14. The number of nitrogens with zero attached hydrogens (tertiary/aromatic N) is 3. The molecule has 7 N–H and O–H groups in total. The summed E-state index contributed by atoms with van der Waals surface area (Å²) in [5.74, 6) is -1.70. The number of Topliss-reactive ketones (excluding diaryl/α,β-unsaturated/α-hetero) is 1. The second kappa shape index (κ2) is 32.1. The van der Waals surface area contributed by atoms with E-state index in [0.717, 1.165) is 38.8 Å². The largest absolute Gasteiger partial charge is 0.356 e. The Hall–Kier alpha value is -3.15. The maximum absolute atomic E-state index is 12.2. The first kappa shape index (κ1) is 50.8. The molecular weight excluding hydrogens is 746 g/mol. The molecule has 0 aromatic rings. The van der Waals surface area contributed by atoms with Crippen molar-refractivity contribution in [3.8, 4) is 0 Å². The molecule has 0 atom stereocenters. The first-order chi connectivity index (χ1) is 25.4. The van der Waals surface area contributed by atoms with Gasteiger partial charge in [0, 0.05) is 108 Å². The Morgan fingerprint density at radius 1 is 0.537 bits per heavy atom. The summed E-state index contributed by atoms with van der Waals surface area (Å²) in [5.41, 5.74) is 0. The number of piperidine rings is 1. The van der Waals surface area contributed by atoms with E-state index in [2.05, 4.69) is 21.3 Å². The van der Waals surface area contributed by atoms with Crippen molar-refractivity contribution in [3.05, 3.63) is 0 Å². The van der Waals surface area contributed by atoms with Gasteiger partial charge in [-0.25, -0.2) is 15.2 Å². The van der Waals surface area contributed by atoms with Gasteiger partial charge in [0.25, 0.3) is 0 Å². The molecule has 0 saturated carbocycles. The van der Waals surface area contributed by atoms with Crippen LogP contribution in [0, 0.1) is 5.92 Å². The van der Waals surface area contributed by atoms with Gasteiger partial charge in [-0.05, 0) is 83.2 Å². The Kier molecular flexibility index (Phi) is 30.3. The van der Waals surface area contributed by atoms with Gasteiger partial charge in [-0.3, -0.25) is 49.2 Å². The molecule has 1 saturated heterocycles. The second-order valence-electron chi connectivity index (χ2n) is 13.7. The van der Waals surface area contributed by atoms with Crippen molar-refractivity contribution in [3.63, 3.8) is 0 Å². The standard InChI is InChI=1S/C36H65N7O10.Fe/c1-29(44)41(51)25-9-3-2-6-12-31(45)13-17-35(49)42(52)26-10-5-8-22-39-33(47)16-18-36(50)43(53)27-11-4-7-21-38-32(46)14-15-34(48)40-28-30-19-23-37-24-20-30;/h30,37,51-53H,2-28H2,1H3,(H,38,46)(H,39,47)(H,40,48);. The van der Waals surface area contributed by atoms with E-state index in [-0.39, 0.29) is 98.7 Å². The number of rotatable bonds is 30. The molecular formula is C36H65FeN7O10. The van der Waals surface area contributed by atoms with E-state index >= 15 is 0 Å². The van der Waals surface area contributed by atoms with Crippen molar-refractivity contribution < 1.29 is 66.3 Å². The van der Waals surface area contributed by atoms with E-state index < -0.39 is 17.7 Å². The van der Waals surface area contributed by atoms with Gasteiger partial charge in [0.15, 0.2) is 0 Å². The van der Waals surface area contributed by atoms with Crippen LogP contribution in [0.1, 0.15) is 129 Å². The van der Waals surface area contributed by atoms with Crippen molar-refractivity contribution in [2.75, 3.05) is 52.4 Å². The molecule has 0 aromatic carbocycles. The number of carbonyl (C=O) groups excluding carboxylic acids is 7. The monoisotopic (exact) mass is 811 g/mol. The summed E-state index contributed by atoms with van der Waals surface area (Å²) < 4.78 is 0. The normalized spacial score (nSPS) is 12.6. The van der Waals surface area contributed by atoms with Crippen LogP contribution in [0.5, 0.6) is 0 Å². The van der Waals surface area contributed by atoms with Gasteiger partial charge in [0.2, 0.25) is 35.4 Å². The van der Waals surface area contributed by atoms with Gasteiger partial charge >= 0.3 is 0 Å². The molecule has 312 valence electrons. The zero-order valence-electron chi connectivity index (χ0n) is 32.1. The summed E-state index contributed by atoms with van der Waals surface area (Å²) in [6, 6.07) is 0. The zero-order valence-corrected chi connectivity index (χ0v) is 33.2. The van der Waals surface area contributed by atoms with Gasteiger partial charge in [-0.2, -0.15) is 0 Å². The van der Waals surface area contributed by atoms with Gasteiger partial charge in [0.05, 0.1) is 0 Å². The number of carbonyl (C=O) groups is 7. The number of nitrogens with one attached hydrogen (secondary N) is 4. The van der Waals surface area contributed by atoms with Crippen LogP contribution in [-0.2, 0) is 50.6 Å². The smallest absolute Gasteiger partial charge is 0.246 e. The third kappa shape index (κ3) is 27.4. The average Bonchev–Trinajstić information content (AvgIpc) is 3.15. The number of amides is 6. The first-order valence-corrected chi connectivity index (χ1v) is 19.4. The predicted octanol–water partition coefficient (Wildman–Crippen LogP) is 2.21. The average molecular weight is 812 g/mol. The summed E-state index contributed by atoms with van der Waals surface area (Å²) in [4.78, 5) is 83.3. The van der Waals surface area contributed by atoms with E-state index in [1.54, 1.807) is 0 Å². The number of unbranched alkanes of at least 4 members (excludes halogenated alkanes) is 7. The number of ketones is 1. The van der Waals surface area contributed by atoms with Crippen molar-refractivity contribution in [1.82, 2.24) is 36.5 Å². The fraction of sp³-hybridized carbons (Fsp3) is 0.806. The number of hydrogen-bond acceptors (Lipinski definition) is 11. The fourth-order valence-corrected chi connectivity index (χ4v) is 5.61. The summed E-state index contributed by atoms with van der Waals surface area (Å²) in [5, 5.41) is 42.8. The maximum atomic E-state index is 12.2. The van der Waals surface area contributed by atoms with Gasteiger partial charge < -0.3 is 21.3 Å². The number of hydroxylamine groups is 6. The molecule has 6 amide bonds. The molecule has 1 aliphatic rings. The van der Waals surface area contributed by atoms with Crippen LogP contribution in [0.25, 0.3) is 0 Å². The Labute approximate surface area is 330 Å². The molecule has 54 heavy (non-hydrogen) atoms. The summed E-state index contributed by atoms with van der Waals surface area (Å²) >= 11 is 0. The molecule has 1 fully saturated rings. The molecule has 0 aliphatic carbocycles. The third-order valence-corrected chi connectivity index (χ3v) is 9.06. The van der Waals surface area contributed by atoms with E-state index in [4.69, 9.17) is 0 Å². The Morgan fingerprint density at radius 3 is 1.48 bits per heavy atom. The van der Waals surface area contributed by atoms with E-state index in [1.165, 1.54) is 6.92 Å². The van der Waals surface area contributed by atoms with E-state index in [9.17, 15) is 49.2 Å². The van der Waals surface area contributed by atoms with Crippen molar-refractivity contribution in [2.45, 2.75) is 129 Å². The minimum atomic E-state index is -0.557. The Morgan fingerprint density at radius 2 is 0.963 bits per heavy atom. The maximum Gasteiger partial charge on any atom is 0.246 e. The van der Waals surface area contributed by atoms with Crippen LogP contribution in [0.15, 0.2) is 0 Å². The van der Waals surface area contributed by atoms with Crippen molar-refractivity contribution >= 4 is 41.2 Å². The fourth-order valence-electron chi connectivity index (χ4n) is 5.61. The van der Waals surface area contributed by atoms with Gasteiger partial charge in [-0.15, -0.1) is 0 Å². The van der Waals surface area contributed by atoms with Crippen LogP contribution in [0.3, 0.4) is 0 Å². The van der Waals surface area contributed by atoms with E-state index in [0.29, 0.717) is 98.5 Å². The van der Waals surface area contributed by atoms with Crippen LogP contribution < -0.4 is 21.3 Å². The SMILES string of the molecule is CC(=O)N(O)CCCCCCC(=O)CCC(=O)N(O)CCCCCNC(=O)CCC(=O)N(O)CCCCCNC(=O)CCC(=O)NCC1CCNCC1.[Fe]. The van der Waals surface area contributed by atoms with Gasteiger partial charge in [0.1, 0.15) is 5.78 Å². The summed E-state index contributed by atoms with van der Waals surface area (Å²) in [7, 11) is 0. The van der Waals surface area contributed by atoms with Crippen molar-refractivity contribution in [2.24, 2.45) is 5.92 Å². The first-order valence-electron chi connectivity index (χ1n) is 19.4. The molecule has 1 rings (SSSR count). The quantitative estimate of drug-likeness (QED) is 0.0240. The van der Waals surface area contributed by atoms with Crippen LogP contribution in [0.4, 0.5) is 0 Å². The molecule has 18 heteroatoms. The Balaban J connectivity index is 0.0000281. The van der Waals surface area contributed by atoms with Crippen LogP contribution in [0.2, 0.25) is 0 Å². The van der Waals surface area contributed by atoms with Crippen molar-refractivity contribution in [1.29, 1.82) is 0 Å². The molecule has 0 unspecified atom stereocenters. The predicted molar refractivity (Wildman–Crippen MR) is 194 cm³/mol. The topological polar surface area (TPSA) is 238 Å². The molecule has 1 heterocycles. The number of hydrogen-bond donors (Lipinski definition) is 7.